The van der Waals surface area contributed by atoms with Crippen molar-refractivity contribution >= 4 is 28.4 Å². The molecule has 2 aromatic carbocycles. The van der Waals surface area contributed by atoms with Crippen molar-refractivity contribution in [2.75, 3.05) is 5.32 Å². The molecular formula is C20H15N5O2. The lowest BCUT2D eigenvalue weighted by atomic mass is 10.1. The minimum Gasteiger partial charge on any atom is -0.478 e. The van der Waals surface area contributed by atoms with E-state index in [1.807, 2.05) is 25.1 Å². The van der Waals surface area contributed by atoms with Crippen molar-refractivity contribution in [1.29, 1.82) is 0 Å². The molecule has 0 unspecified atom stereocenters. The molecule has 0 atom stereocenters. The summed E-state index contributed by atoms with van der Waals surface area (Å²) in [4.78, 5) is 29.1. The number of hydrogen-bond acceptors (Lipinski definition) is 6. The van der Waals surface area contributed by atoms with Crippen LogP contribution in [0.3, 0.4) is 0 Å². The van der Waals surface area contributed by atoms with Crippen LogP contribution in [0.25, 0.3) is 22.4 Å². The molecular weight excluding hydrogens is 342 g/mol. The molecule has 4 rings (SSSR count). The molecule has 27 heavy (non-hydrogen) atoms. The average molecular weight is 357 g/mol. The van der Waals surface area contributed by atoms with E-state index in [2.05, 4.69) is 25.3 Å². The number of rotatable bonds is 4. The molecule has 0 aliphatic carbocycles. The summed E-state index contributed by atoms with van der Waals surface area (Å²) < 4.78 is 0. The summed E-state index contributed by atoms with van der Waals surface area (Å²) >= 11 is 0. The fourth-order valence-corrected chi connectivity index (χ4v) is 2.83. The van der Waals surface area contributed by atoms with Gasteiger partial charge in [0, 0.05) is 17.8 Å². The molecule has 0 aliphatic rings. The third-order valence-corrected chi connectivity index (χ3v) is 4.13. The third-order valence-electron chi connectivity index (χ3n) is 4.13. The molecule has 0 radical (unpaired) electrons. The predicted molar refractivity (Wildman–Crippen MR) is 102 cm³/mol. The molecule has 0 saturated heterocycles. The molecule has 132 valence electrons. The van der Waals surface area contributed by atoms with Gasteiger partial charge in [0.2, 0.25) is 0 Å². The van der Waals surface area contributed by atoms with Crippen LogP contribution in [0, 0.1) is 6.92 Å². The maximum Gasteiger partial charge on any atom is 0.337 e. The molecule has 7 heteroatoms. The molecule has 0 spiro atoms. The van der Waals surface area contributed by atoms with Crippen molar-refractivity contribution in [1.82, 2.24) is 19.9 Å². The van der Waals surface area contributed by atoms with Crippen LogP contribution < -0.4 is 5.32 Å². The second-order valence-corrected chi connectivity index (χ2v) is 5.93. The molecule has 2 N–H and O–H groups in total. The topological polar surface area (TPSA) is 101 Å². The lowest BCUT2D eigenvalue weighted by molar-refractivity contribution is 0.0698. The molecule has 0 bridgehead atoms. The van der Waals surface area contributed by atoms with Gasteiger partial charge >= 0.3 is 5.97 Å². The summed E-state index contributed by atoms with van der Waals surface area (Å²) in [6, 6.07) is 12.5. The molecule has 0 fully saturated rings. The van der Waals surface area contributed by atoms with Gasteiger partial charge in [0.25, 0.3) is 0 Å². The average Bonchev–Trinajstić information content (AvgIpc) is 2.69. The van der Waals surface area contributed by atoms with E-state index >= 15 is 0 Å². The van der Waals surface area contributed by atoms with E-state index in [0.29, 0.717) is 23.0 Å². The van der Waals surface area contributed by atoms with Crippen molar-refractivity contribution in [3.05, 3.63) is 72.2 Å². The highest BCUT2D eigenvalue weighted by molar-refractivity contribution is 5.98. The lowest BCUT2D eigenvalue weighted by Crippen LogP contribution is -2.05. The van der Waals surface area contributed by atoms with E-state index < -0.39 is 5.97 Å². The summed E-state index contributed by atoms with van der Waals surface area (Å²) in [5.74, 6) is -0.0833. The highest BCUT2D eigenvalue weighted by Crippen LogP contribution is 2.29. The van der Waals surface area contributed by atoms with E-state index in [1.165, 1.54) is 0 Å². The van der Waals surface area contributed by atoms with Gasteiger partial charge in [-0.15, -0.1) is 0 Å². The maximum atomic E-state index is 11.5. The van der Waals surface area contributed by atoms with Gasteiger partial charge in [0.05, 0.1) is 23.0 Å². The summed E-state index contributed by atoms with van der Waals surface area (Å²) in [5.41, 5.74) is 2.91. The molecule has 2 heterocycles. The molecule has 0 amide bonds. The predicted octanol–water partition coefficient (Wildman–Crippen LogP) is 3.84. The van der Waals surface area contributed by atoms with Crippen LogP contribution >= 0.6 is 0 Å². The number of para-hydroxylation sites is 2. The largest absolute Gasteiger partial charge is 0.478 e. The number of aryl methyl sites for hydroxylation is 1. The van der Waals surface area contributed by atoms with Crippen LogP contribution in [0.4, 0.5) is 11.5 Å². The van der Waals surface area contributed by atoms with E-state index in [-0.39, 0.29) is 5.56 Å². The van der Waals surface area contributed by atoms with Gasteiger partial charge < -0.3 is 10.4 Å². The fraction of sp³-hybridized carbons (Fsp3) is 0.0500. The normalized spacial score (nSPS) is 10.7. The van der Waals surface area contributed by atoms with Gasteiger partial charge in [0.1, 0.15) is 11.5 Å². The van der Waals surface area contributed by atoms with Crippen LogP contribution in [0.15, 0.2) is 61.1 Å². The van der Waals surface area contributed by atoms with E-state index in [9.17, 15) is 9.90 Å². The molecule has 2 aromatic heterocycles. The number of nitrogens with one attached hydrogen (secondary N) is 1. The standard InChI is InChI=1S/C20H15N5O2/c1-12-5-4-7-14-17(12)24-19(16-11-21-9-10-22-16)25-18(14)23-15-8-3-2-6-13(15)20(26)27/h2-11H,1H3,(H,26,27)(H,23,24,25). The number of hydrogen-bond donors (Lipinski definition) is 2. The number of nitrogens with zero attached hydrogens (tertiary/aromatic N) is 4. The number of carboxylic acids is 1. The molecule has 0 saturated carbocycles. The second-order valence-electron chi connectivity index (χ2n) is 5.93. The highest BCUT2D eigenvalue weighted by atomic mass is 16.4. The van der Waals surface area contributed by atoms with Crippen molar-refractivity contribution < 1.29 is 9.90 Å². The van der Waals surface area contributed by atoms with Crippen LogP contribution in [0.2, 0.25) is 0 Å². The second kappa shape index (κ2) is 6.80. The third kappa shape index (κ3) is 3.18. The van der Waals surface area contributed by atoms with Crippen LogP contribution in [-0.2, 0) is 0 Å². The monoisotopic (exact) mass is 357 g/mol. The fourth-order valence-electron chi connectivity index (χ4n) is 2.83. The number of aromatic carboxylic acids is 1. The van der Waals surface area contributed by atoms with Gasteiger partial charge in [-0.25, -0.2) is 19.7 Å². The van der Waals surface area contributed by atoms with Crippen molar-refractivity contribution in [3.8, 4) is 11.5 Å². The number of carbonyl (C=O) groups is 1. The zero-order chi connectivity index (χ0) is 18.8. The van der Waals surface area contributed by atoms with Gasteiger partial charge in [-0.1, -0.05) is 24.3 Å². The summed E-state index contributed by atoms with van der Waals surface area (Å²) in [6.45, 7) is 1.96. The van der Waals surface area contributed by atoms with Crippen LogP contribution in [-0.4, -0.2) is 31.0 Å². The van der Waals surface area contributed by atoms with Gasteiger partial charge in [-0.05, 0) is 30.7 Å². The Balaban J connectivity index is 1.92. The maximum absolute atomic E-state index is 11.5. The Kier molecular flexibility index (Phi) is 4.18. The smallest absolute Gasteiger partial charge is 0.337 e. The van der Waals surface area contributed by atoms with Gasteiger partial charge in [0.15, 0.2) is 5.82 Å². The SMILES string of the molecule is Cc1cccc2c(Nc3ccccc3C(=O)O)nc(-c3cnccn3)nc12. The molecule has 0 aliphatic heterocycles. The Morgan fingerprint density at radius 1 is 1.04 bits per heavy atom. The summed E-state index contributed by atoms with van der Waals surface area (Å²) in [7, 11) is 0. The van der Waals surface area contributed by atoms with Gasteiger partial charge in [-0.2, -0.15) is 0 Å². The Morgan fingerprint density at radius 3 is 2.67 bits per heavy atom. The van der Waals surface area contributed by atoms with E-state index in [4.69, 9.17) is 0 Å². The van der Waals surface area contributed by atoms with Crippen molar-refractivity contribution in [2.45, 2.75) is 6.92 Å². The first-order valence-electron chi connectivity index (χ1n) is 8.26. The Bertz CT molecular complexity index is 1150. The zero-order valence-corrected chi connectivity index (χ0v) is 14.4. The van der Waals surface area contributed by atoms with E-state index in [0.717, 1.165) is 16.5 Å². The van der Waals surface area contributed by atoms with Crippen molar-refractivity contribution in [2.24, 2.45) is 0 Å². The Labute approximate surface area is 154 Å². The number of fused-ring (bicyclic) bond motifs is 1. The number of carboxylic acid groups (broad SMARTS) is 1. The minimum absolute atomic E-state index is 0.165. The zero-order valence-electron chi connectivity index (χ0n) is 14.4. The Morgan fingerprint density at radius 2 is 1.89 bits per heavy atom. The number of benzene rings is 2. The number of aromatic nitrogens is 4. The quantitative estimate of drug-likeness (QED) is 0.572. The Hall–Kier alpha value is -3.87. The van der Waals surface area contributed by atoms with Crippen LogP contribution in [0.5, 0.6) is 0 Å². The minimum atomic E-state index is -1.01. The first-order valence-corrected chi connectivity index (χ1v) is 8.26. The molecule has 7 nitrogen and oxygen atoms in total. The summed E-state index contributed by atoms with van der Waals surface area (Å²) in [5, 5.41) is 13.4. The first kappa shape index (κ1) is 16.6. The van der Waals surface area contributed by atoms with Crippen LogP contribution in [0.1, 0.15) is 15.9 Å². The lowest BCUT2D eigenvalue weighted by Gasteiger charge is -2.13. The first-order chi connectivity index (χ1) is 13.1. The van der Waals surface area contributed by atoms with Gasteiger partial charge in [-0.3, -0.25) is 4.98 Å². The van der Waals surface area contributed by atoms with E-state index in [1.54, 1.807) is 42.9 Å². The number of anilines is 2. The highest BCUT2D eigenvalue weighted by Gasteiger charge is 2.15. The summed E-state index contributed by atoms with van der Waals surface area (Å²) in [6.07, 6.45) is 4.75. The van der Waals surface area contributed by atoms with Crippen molar-refractivity contribution in [3.63, 3.8) is 0 Å². The molecule has 4 aromatic rings.